The third-order valence-electron chi connectivity index (χ3n) is 5.86. The van der Waals surface area contributed by atoms with Crippen LogP contribution in [0.2, 0.25) is 0 Å². The predicted molar refractivity (Wildman–Crippen MR) is 128 cm³/mol. The molecule has 3 aromatic rings. The van der Waals surface area contributed by atoms with Gasteiger partial charge in [0.05, 0.1) is 4.90 Å². The Balaban J connectivity index is 1.97. The largest absolute Gasteiger partial charge is 0.761 e. The van der Waals surface area contributed by atoms with Crippen LogP contribution in [0, 0.1) is 12.1 Å². The maximum atomic E-state index is 13.7. The van der Waals surface area contributed by atoms with E-state index in [1.54, 1.807) is 79.7 Å². The molecule has 0 heterocycles. The van der Waals surface area contributed by atoms with Gasteiger partial charge in [0.2, 0.25) is 0 Å². The van der Waals surface area contributed by atoms with Gasteiger partial charge in [-0.05, 0) is 31.9 Å². The van der Waals surface area contributed by atoms with Crippen LogP contribution in [0.15, 0.2) is 89.8 Å². The van der Waals surface area contributed by atoms with Crippen LogP contribution in [0.25, 0.3) is 0 Å². The minimum absolute atomic E-state index is 0.174. The van der Waals surface area contributed by atoms with Gasteiger partial charge in [-0.15, -0.1) is 0 Å². The van der Waals surface area contributed by atoms with Crippen molar-refractivity contribution in [1.82, 2.24) is 5.23 Å². The number of hydrogen-bond acceptors (Lipinski definition) is 7. The van der Waals surface area contributed by atoms with Crippen LogP contribution in [-0.2, 0) is 9.84 Å². The number of ketones is 2. The normalized spacial score (nSPS) is 12.0. The van der Waals surface area contributed by atoms with Crippen LogP contribution in [0.4, 0.5) is 0 Å². The third kappa shape index (κ3) is 5.48. The summed E-state index contributed by atoms with van der Waals surface area (Å²) in [6.45, 7) is 1.78. The minimum Gasteiger partial charge on any atom is -0.761 e. The van der Waals surface area contributed by atoms with Gasteiger partial charge >= 0.3 is 0 Å². The summed E-state index contributed by atoms with van der Waals surface area (Å²) in [7, 11) is -4.48. The van der Waals surface area contributed by atoms with E-state index in [-0.39, 0.29) is 29.3 Å². The zero-order valence-corrected chi connectivity index (χ0v) is 19.6. The summed E-state index contributed by atoms with van der Waals surface area (Å²) in [5.74, 6) is -0.749. The molecule has 0 radical (unpaired) electrons. The summed E-state index contributed by atoms with van der Waals surface area (Å²) in [5, 5.41) is 22.1. The first-order valence-corrected chi connectivity index (χ1v) is 12.3. The van der Waals surface area contributed by atoms with Gasteiger partial charge in [0.1, 0.15) is 4.87 Å². The molecule has 0 aromatic heterocycles. The maximum absolute atomic E-state index is 13.7. The molecule has 0 aliphatic rings. The van der Waals surface area contributed by atoms with E-state index in [0.717, 1.165) is 5.56 Å². The van der Waals surface area contributed by atoms with Gasteiger partial charge in [-0.1, -0.05) is 78.4 Å². The summed E-state index contributed by atoms with van der Waals surface area (Å²) in [6, 6.07) is 22.4. The molecule has 0 amide bonds. The Labute approximate surface area is 199 Å². The van der Waals surface area contributed by atoms with Gasteiger partial charge in [0.15, 0.2) is 21.4 Å². The summed E-state index contributed by atoms with van der Waals surface area (Å²) < 4.78 is 27.4. The highest BCUT2D eigenvalue weighted by molar-refractivity contribution is 7.92. The van der Waals surface area contributed by atoms with Crippen molar-refractivity contribution in [3.8, 4) is 0 Å². The lowest BCUT2D eigenvalue weighted by Gasteiger charge is -2.43. The number of Topliss-reactive ketones (excluding diaryl/α,β-unsaturated/α-hetero) is 2. The fourth-order valence-electron chi connectivity index (χ4n) is 3.78. The van der Waals surface area contributed by atoms with Crippen molar-refractivity contribution in [2.24, 2.45) is 0 Å². The van der Waals surface area contributed by atoms with Crippen molar-refractivity contribution in [2.45, 2.75) is 42.4 Å². The second-order valence-electron chi connectivity index (χ2n) is 8.11. The number of sulfone groups is 1. The molecule has 0 unspecified atom stereocenters. The van der Waals surface area contributed by atoms with Crippen LogP contribution in [0.1, 0.15) is 52.0 Å². The van der Waals surface area contributed by atoms with E-state index in [1.807, 2.05) is 0 Å². The van der Waals surface area contributed by atoms with Crippen molar-refractivity contribution < 1.29 is 23.2 Å². The van der Waals surface area contributed by atoms with Crippen LogP contribution < -0.4 is 0 Å². The first-order chi connectivity index (χ1) is 16.2. The molecule has 1 N–H and O–H groups in total. The fourth-order valence-corrected chi connectivity index (χ4v) is 5.66. The second-order valence-corrected chi connectivity index (χ2v) is 10.4. The lowest BCUT2D eigenvalue weighted by molar-refractivity contribution is -0.102. The van der Waals surface area contributed by atoms with Gasteiger partial charge in [0, 0.05) is 24.0 Å². The van der Waals surface area contributed by atoms with Crippen molar-refractivity contribution in [3.05, 3.63) is 107 Å². The van der Waals surface area contributed by atoms with Gasteiger partial charge < -0.3 is 10.4 Å². The molecule has 7 nitrogen and oxygen atoms in total. The molecule has 3 rings (SSSR count). The summed E-state index contributed by atoms with van der Waals surface area (Å²) in [4.78, 5) is 22.8. The molecule has 0 saturated heterocycles. The molecule has 178 valence electrons. The van der Waals surface area contributed by atoms with Crippen LogP contribution in [-0.4, -0.2) is 35.3 Å². The van der Waals surface area contributed by atoms with E-state index in [0.29, 0.717) is 11.1 Å². The van der Waals surface area contributed by atoms with Crippen LogP contribution in [0.3, 0.4) is 0 Å². The first kappa shape index (κ1) is 25.5. The molecule has 0 bridgehead atoms. The molecule has 34 heavy (non-hydrogen) atoms. The Morgan fingerprint density at radius 1 is 0.794 bits per heavy atom. The number of carbonyl (C=O) groups is 2. The SMILES string of the molecule is Cc1ccc(S(=O)(=O)C(CCC(=O)c2ccccc2)(CCC(=O)c2ccccc2)N([O-])O)cc1. The molecular weight excluding hydrogens is 454 g/mol. The Morgan fingerprint density at radius 3 is 1.59 bits per heavy atom. The first-order valence-electron chi connectivity index (χ1n) is 10.8. The van der Waals surface area contributed by atoms with Gasteiger partial charge in [-0.2, -0.15) is 0 Å². The molecule has 0 aliphatic carbocycles. The summed E-state index contributed by atoms with van der Waals surface area (Å²) >= 11 is 0. The molecule has 0 saturated carbocycles. The number of hydroxylamine groups is 2. The van der Waals surface area contributed by atoms with E-state index in [4.69, 9.17) is 0 Å². The highest BCUT2D eigenvalue weighted by Gasteiger charge is 2.46. The molecule has 8 heteroatoms. The number of benzene rings is 3. The van der Waals surface area contributed by atoms with Gasteiger partial charge in [0.25, 0.3) is 0 Å². The predicted octanol–water partition coefficient (Wildman–Crippen LogP) is 4.98. The van der Waals surface area contributed by atoms with Gasteiger partial charge in [-0.25, -0.2) is 13.6 Å². The maximum Gasteiger partial charge on any atom is 0.198 e. The standard InChI is InChI=1S/C26H26NO6S/c1-20-12-14-23(15-13-20)34(32,33)26(27(30)31,18-16-24(28)21-8-4-2-5-9-21)19-17-25(29)22-10-6-3-7-11-22/h2-15,30H,16-19H2,1H3/q-1. The second kappa shape index (κ2) is 10.8. The lowest BCUT2D eigenvalue weighted by atomic mass is 9.97. The Morgan fingerprint density at radius 2 is 1.21 bits per heavy atom. The molecule has 0 fully saturated rings. The Bertz CT molecular complexity index is 1170. The fraction of sp³-hybridized carbons (Fsp3) is 0.231. The molecule has 3 aromatic carbocycles. The molecule has 0 aliphatic heterocycles. The highest BCUT2D eigenvalue weighted by atomic mass is 32.2. The third-order valence-corrected chi connectivity index (χ3v) is 8.31. The van der Waals surface area contributed by atoms with E-state index in [9.17, 15) is 28.4 Å². The smallest absolute Gasteiger partial charge is 0.198 e. The number of hydrogen-bond donors (Lipinski definition) is 1. The number of nitrogens with zero attached hydrogens (tertiary/aromatic N) is 1. The van der Waals surface area contributed by atoms with E-state index in [2.05, 4.69) is 0 Å². The van der Waals surface area contributed by atoms with E-state index < -0.39 is 32.8 Å². The molecular formula is C26H26NO6S-. The summed E-state index contributed by atoms with van der Waals surface area (Å²) in [5.41, 5.74) is 1.53. The monoisotopic (exact) mass is 480 g/mol. The molecule has 0 spiro atoms. The van der Waals surface area contributed by atoms with E-state index in [1.165, 1.54) is 12.1 Å². The van der Waals surface area contributed by atoms with Crippen molar-refractivity contribution >= 4 is 21.4 Å². The minimum atomic E-state index is -4.48. The Hall–Kier alpha value is -3.17. The average molecular weight is 481 g/mol. The summed E-state index contributed by atoms with van der Waals surface area (Å²) in [6.07, 6.45) is -1.60. The van der Waals surface area contributed by atoms with Crippen molar-refractivity contribution in [1.29, 1.82) is 0 Å². The van der Waals surface area contributed by atoms with E-state index >= 15 is 0 Å². The van der Waals surface area contributed by atoms with Crippen molar-refractivity contribution in [3.63, 3.8) is 0 Å². The topological polar surface area (TPSA) is 115 Å². The molecule has 0 atom stereocenters. The lowest BCUT2D eigenvalue weighted by Crippen LogP contribution is -2.51. The Kier molecular flexibility index (Phi) is 8.11. The van der Waals surface area contributed by atoms with Crippen molar-refractivity contribution in [2.75, 3.05) is 0 Å². The number of rotatable bonds is 11. The highest BCUT2D eigenvalue weighted by Crippen LogP contribution is 2.37. The average Bonchev–Trinajstić information content (AvgIpc) is 2.84. The number of carbonyl (C=O) groups excluding carboxylic acids is 2. The quantitative estimate of drug-likeness (QED) is 0.304. The van der Waals surface area contributed by atoms with Crippen LogP contribution in [0.5, 0.6) is 0 Å². The number of aryl methyl sites for hydroxylation is 1. The zero-order valence-electron chi connectivity index (χ0n) is 18.8. The zero-order chi connectivity index (χ0) is 24.8. The van der Waals surface area contributed by atoms with Gasteiger partial charge in [-0.3, -0.25) is 9.59 Å². The van der Waals surface area contributed by atoms with Crippen LogP contribution >= 0.6 is 0 Å².